The van der Waals surface area contributed by atoms with Crippen molar-refractivity contribution in [3.63, 3.8) is 0 Å². The van der Waals surface area contributed by atoms with Crippen molar-refractivity contribution < 1.29 is 14.6 Å². The molecule has 0 bridgehead atoms. The van der Waals surface area contributed by atoms with E-state index in [1.54, 1.807) is 14.2 Å². The van der Waals surface area contributed by atoms with Gasteiger partial charge in [-0.3, -0.25) is 0 Å². The van der Waals surface area contributed by atoms with Gasteiger partial charge in [0.05, 0.1) is 20.3 Å². The molecule has 0 radical (unpaired) electrons. The highest BCUT2D eigenvalue weighted by atomic mass is 16.5. The highest BCUT2D eigenvalue weighted by Gasteiger charge is 2.24. The number of aromatic amines is 1. The van der Waals surface area contributed by atoms with Crippen molar-refractivity contribution in [2.75, 3.05) is 14.2 Å². The molecule has 0 saturated heterocycles. The average molecular weight is 476 g/mol. The molecule has 35 heavy (non-hydrogen) atoms. The van der Waals surface area contributed by atoms with E-state index >= 15 is 0 Å². The molecule has 184 valence electrons. The summed E-state index contributed by atoms with van der Waals surface area (Å²) in [5.41, 5.74) is 4.14. The second-order valence-corrected chi connectivity index (χ2v) is 8.87. The summed E-state index contributed by atoms with van der Waals surface area (Å²) in [7, 11) is 3.28. The van der Waals surface area contributed by atoms with Gasteiger partial charge in [-0.2, -0.15) is 0 Å². The Morgan fingerprint density at radius 2 is 1.77 bits per heavy atom. The van der Waals surface area contributed by atoms with Gasteiger partial charge in [-0.1, -0.05) is 30.3 Å². The number of aryl methyl sites for hydroxylation is 1. The van der Waals surface area contributed by atoms with Crippen LogP contribution in [-0.2, 0) is 19.4 Å². The predicted molar refractivity (Wildman–Crippen MR) is 134 cm³/mol. The number of H-pyrrole nitrogens is 1. The zero-order chi connectivity index (χ0) is 24.6. The van der Waals surface area contributed by atoms with Crippen LogP contribution in [-0.4, -0.2) is 44.5 Å². The molecule has 2 aromatic carbocycles. The minimum atomic E-state index is -0.668. The van der Waals surface area contributed by atoms with Crippen LogP contribution in [0.15, 0.2) is 60.9 Å². The lowest BCUT2D eigenvalue weighted by Crippen LogP contribution is -2.19. The zero-order valence-electron chi connectivity index (χ0n) is 20.5. The molecule has 2 N–H and O–H groups in total. The number of nitrogens with one attached hydrogen (secondary N) is 1. The van der Waals surface area contributed by atoms with E-state index in [2.05, 4.69) is 61.7 Å². The predicted octanol–water partition coefficient (Wildman–Crippen LogP) is 4.29. The Morgan fingerprint density at radius 3 is 2.43 bits per heavy atom. The molecule has 2 atom stereocenters. The number of aliphatic hydroxyl groups excluding tert-OH is 1. The summed E-state index contributed by atoms with van der Waals surface area (Å²) < 4.78 is 13.2. The maximum atomic E-state index is 11.5. The first-order chi connectivity index (χ1) is 17.1. The molecule has 0 spiro atoms. The van der Waals surface area contributed by atoms with Crippen molar-refractivity contribution in [3.05, 3.63) is 89.0 Å². The number of hydrogen-bond acceptors (Lipinski definition) is 6. The van der Waals surface area contributed by atoms with E-state index in [0.29, 0.717) is 24.5 Å². The maximum Gasteiger partial charge on any atom is 0.152 e. The summed E-state index contributed by atoms with van der Waals surface area (Å²) >= 11 is 0. The van der Waals surface area contributed by atoms with E-state index in [-0.39, 0.29) is 5.92 Å². The molecule has 8 heteroatoms. The summed E-state index contributed by atoms with van der Waals surface area (Å²) in [5.74, 6) is 2.15. The smallest absolute Gasteiger partial charge is 0.152 e. The fourth-order valence-electron chi connectivity index (χ4n) is 4.54. The van der Waals surface area contributed by atoms with Gasteiger partial charge in [0.25, 0.3) is 0 Å². The molecule has 2 aromatic heterocycles. The average Bonchev–Trinajstić information content (AvgIpc) is 3.56. The topological polar surface area (TPSA) is 98.1 Å². The summed E-state index contributed by atoms with van der Waals surface area (Å²) in [5, 5.41) is 25.6. The van der Waals surface area contributed by atoms with E-state index in [1.165, 1.54) is 5.56 Å². The van der Waals surface area contributed by atoms with Crippen molar-refractivity contribution in [3.8, 4) is 11.5 Å². The molecule has 0 aliphatic rings. The Balaban J connectivity index is 1.53. The van der Waals surface area contributed by atoms with Gasteiger partial charge in [-0.05, 0) is 71.5 Å². The number of aliphatic hydroxyl groups is 1. The number of methoxy groups -OCH3 is 2. The van der Waals surface area contributed by atoms with Crippen molar-refractivity contribution >= 4 is 0 Å². The standard InChI is InChI=1S/C27H33N5O3/c1-19-24(34-2)15-23(16-25(19)35-3)27(33)22(11-7-10-20-8-5-4-6-9-20)18-32-13-12-21(17-32)14-26-28-30-31-29-26/h4-6,8-9,12-13,15-17,22,27,33H,7,10-11,14,18H2,1-3H3,(H,28,29,30,31)/t22-,27-/m0/s1. The molecule has 4 rings (SSSR count). The van der Waals surface area contributed by atoms with Crippen LogP contribution in [0.4, 0.5) is 0 Å². The number of aromatic nitrogens is 5. The van der Waals surface area contributed by atoms with Crippen LogP contribution in [0.1, 0.15) is 47.0 Å². The molecular formula is C27H33N5O3. The lowest BCUT2D eigenvalue weighted by atomic mass is 9.89. The van der Waals surface area contributed by atoms with Crippen LogP contribution in [0.2, 0.25) is 0 Å². The second kappa shape index (κ2) is 11.7. The van der Waals surface area contributed by atoms with E-state index in [9.17, 15) is 5.11 Å². The van der Waals surface area contributed by atoms with Crippen LogP contribution in [0.3, 0.4) is 0 Å². The lowest BCUT2D eigenvalue weighted by Gasteiger charge is -2.25. The second-order valence-electron chi connectivity index (χ2n) is 8.87. The first kappa shape index (κ1) is 24.5. The monoisotopic (exact) mass is 475 g/mol. The van der Waals surface area contributed by atoms with Gasteiger partial charge >= 0.3 is 0 Å². The molecule has 0 aliphatic heterocycles. The minimum Gasteiger partial charge on any atom is -0.496 e. The first-order valence-electron chi connectivity index (χ1n) is 11.9. The maximum absolute atomic E-state index is 11.5. The fraction of sp³-hybridized carbons (Fsp3) is 0.370. The third-order valence-electron chi connectivity index (χ3n) is 6.46. The van der Waals surface area contributed by atoms with Crippen molar-refractivity contribution in [1.82, 2.24) is 25.2 Å². The van der Waals surface area contributed by atoms with Gasteiger partial charge in [0.2, 0.25) is 0 Å². The highest BCUT2D eigenvalue weighted by molar-refractivity contribution is 5.48. The van der Waals surface area contributed by atoms with Crippen molar-refractivity contribution in [2.24, 2.45) is 5.92 Å². The summed E-state index contributed by atoms with van der Waals surface area (Å²) in [6.45, 7) is 2.64. The van der Waals surface area contributed by atoms with Gasteiger partial charge in [0, 0.05) is 36.8 Å². The van der Waals surface area contributed by atoms with E-state index in [1.807, 2.05) is 31.3 Å². The molecule has 0 fully saturated rings. The molecule has 2 heterocycles. The Hall–Kier alpha value is -3.65. The van der Waals surface area contributed by atoms with Crippen molar-refractivity contribution in [2.45, 2.75) is 45.3 Å². The third-order valence-corrected chi connectivity index (χ3v) is 6.46. The molecule has 0 unspecified atom stereocenters. The van der Waals surface area contributed by atoms with Crippen LogP contribution >= 0.6 is 0 Å². The van der Waals surface area contributed by atoms with E-state index in [0.717, 1.165) is 41.8 Å². The van der Waals surface area contributed by atoms with Gasteiger partial charge in [-0.25, -0.2) is 5.10 Å². The normalized spacial score (nSPS) is 12.9. The fourth-order valence-corrected chi connectivity index (χ4v) is 4.54. The zero-order valence-corrected chi connectivity index (χ0v) is 20.5. The third kappa shape index (κ3) is 6.27. The number of rotatable bonds is 12. The number of nitrogens with zero attached hydrogens (tertiary/aromatic N) is 4. The first-order valence-corrected chi connectivity index (χ1v) is 11.9. The lowest BCUT2D eigenvalue weighted by molar-refractivity contribution is 0.0904. The minimum absolute atomic E-state index is 0.00280. The van der Waals surface area contributed by atoms with Crippen LogP contribution in [0.25, 0.3) is 0 Å². The molecule has 8 nitrogen and oxygen atoms in total. The molecule has 0 saturated carbocycles. The number of ether oxygens (including phenoxy) is 2. The molecular weight excluding hydrogens is 442 g/mol. The summed E-state index contributed by atoms with van der Waals surface area (Å²) in [6, 6.07) is 16.4. The van der Waals surface area contributed by atoms with E-state index < -0.39 is 6.10 Å². The largest absolute Gasteiger partial charge is 0.496 e. The number of tetrazole rings is 1. The Bertz CT molecular complexity index is 1170. The van der Waals surface area contributed by atoms with Crippen LogP contribution < -0.4 is 9.47 Å². The summed E-state index contributed by atoms with van der Waals surface area (Å²) in [4.78, 5) is 0. The van der Waals surface area contributed by atoms with Crippen LogP contribution in [0, 0.1) is 12.8 Å². The SMILES string of the molecule is COc1cc([C@@H](O)[C@@H](CCCc2ccccc2)Cn2ccc(Cc3nnn[nH]3)c2)cc(OC)c1C. The van der Waals surface area contributed by atoms with Crippen molar-refractivity contribution in [1.29, 1.82) is 0 Å². The molecule has 4 aromatic rings. The van der Waals surface area contributed by atoms with Crippen LogP contribution in [0.5, 0.6) is 11.5 Å². The van der Waals surface area contributed by atoms with Gasteiger partial charge < -0.3 is 19.1 Å². The Kier molecular flexibility index (Phi) is 8.15. The number of hydrogen-bond donors (Lipinski definition) is 2. The molecule has 0 aliphatic carbocycles. The van der Waals surface area contributed by atoms with Gasteiger partial charge in [0.15, 0.2) is 5.82 Å². The van der Waals surface area contributed by atoms with Gasteiger partial charge in [0.1, 0.15) is 11.5 Å². The Morgan fingerprint density at radius 1 is 1.03 bits per heavy atom. The van der Waals surface area contributed by atoms with E-state index in [4.69, 9.17) is 9.47 Å². The quantitative estimate of drug-likeness (QED) is 0.317. The molecule has 0 amide bonds. The Labute approximate surface area is 205 Å². The summed E-state index contributed by atoms with van der Waals surface area (Å²) in [6.07, 6.45) is 6.92. The number of benzene rings is 2. The van der Waals surface area contributed by atoms with Gasteiger partial charge in [-0.15, -0.1) is 5.10 Å². The highest BCUT2D eigenvalue weighted by Crippen LogP contribution is 2.36.